The topological polar surface area (TPSA) is 80.9 Å². The van der Waals surface area contributed by atoms with E-state index in [1.807, 2.05) is 0 Å². The molecule has 1 heterocycles. The molecule has 0 aromatic carbocycles. The number of aromatic nitrogens is 2. The maximum absolute atomic E-state index is 10.4. The Balaban J connectivity index is 2.63. The second kappa shape index (κ2) is 3.66. The van der Waals surface area contributed by atoms with Crippen molar-refractivity contribution in [2.24, 2.45) is 5.73 Å². The molecular weight excluding hydrogens is 156 g/mol. The molecular formula is C7H10N4O. The maximum atomic E-state index is 10.4. The third-order valence-corrected chi connectivity index (χ3v) is 1.31. The molecule has 1 aromatic rings. The summed E-state index contributed by atoms with van der Waals surface area (Å²) >= 11 is 0. The minimum Gasteiger partial charge on any atom is -0.368 e. The van der Waals surface area contributed by atoms with E-state index in [1.54, 1.807) is 19.3 Å². The normalized spacial score (nSPS) is 9.42. The molecule has 1 aromatic heterocycles. The fourth-order valence-electron chi connectivity index (χ4n) is 0.752. The smallest absolute Gasteiger partial charge is 0.236 e. The molecule has 1 rings (SSSR count). The molecule has 0 saturated carbocycles. The zero-order chi connectivity index (χ0) is 8.97. The molecule has 0 aliphatic heterocycles. The van der Waals surface area contributed by atoms with Crippen molar-refractivity contribution in [3.05, 3.63) is 18.1 Å². The minimum atomic E-state index is -0.417. The van der Waals surface area contributed by atoms with Crippen LogP contribution in [0.15, 0.2) is 12.4 Å². The zero-order valence-electron chi connectivity index (χ0n) is 6.74. The van der Waals surface area contributed by atoms with Crippen molar-refractivity contribution in [1.29, 1.82) is 0 Å². The number of hydrogen-bond donors (Lipinski definition) is 2. The third-order valence-electron chi connectivity index (χ3n) is 1.31. The van der Waals surface area contributed by atoms with Crippen molar-refractivity contribution in [3.63, 3.8) is 0 Å². The summed E-state index contributed by atoms with van der Waals surface area (Å²) in [7, 11) is 0. The molecule has 0 unspecified atom stereocenters. The van der Waals surface area contributed by atoms with Gasteiger partial charge in [0.15, 0.2) is 0 Å². The number of rotatable bonds is 3. The van der Waals surface area contributed by atoms with Gasteiger partial charge in [-0.2, -0.15) is 0 Å². The predicted octanol–water partition coefficient (Wildman–Crippen LogP) is -0.318. The molecule has 12 heavy (non-hydrogen) atoms. The summed E-state index contributed by atoms with van der Waals surface area (Å²) in [4.78, 5) is 18.3. The van der Waals surface area contributed by atoms with Crippen LogP contribution in [0.1, 0.15) is 5.69 Å². The van der Waals surface area contributed by atoms with E-state index in [0.717, 1.165) is 5.69 Å². The van der Waals surface area contributed by atoms with Gasteiger partial charge in [-0.1, -0.05) is 0 Å². The number of nitrogens with one attached hydrogen (secondary N) is 1. The Kier molecular flexibility index (Phi) is 2.57. The number of anilines is 1. The van der Waals surface area contributed by atoms with E-state index < -0.39 is 5.91 Å². The number of primary amides is 1. The molecule has 0 aliphatic carbocycles. The predicted molar refractivity (Wildman–Crippen MR) is 44.5 cm³/mol. The number of carbonyl (C=O) groups excluding carboxylic acids is 1. The first kappa shape index (κ1) is 8.45. The van der Waals surface area contributed by atoms with Crippen molar-refractivity contribution in [2.45, 2.75) is 6.92 Å². The van der Waals surface area contributed by atoms with Crippen molar-refractivity contribution < 1.29 is 4.79 Å². The molecule has 3 N–H and O–H groups in total. The fraction of sp³-hybridized carbons (Fsp3) is 0.286. The summed E-state index contributed by atoms with van der Waals surface area (Å²) in [6.07, 6.45) is 3.14. The molecule has 5 nitrogen and oxygen atoms in total. The number of nitrogens with two attached hydrogens (primary N) is 1. The molecule has 0 saturated heterocycles. The Morgan fingerprint density at radius 1 is 1.58 bits per heavy atom. The average molecular weight is 166 g/mol. The van der Waals surface area contributed by atoms with Crippen LogP contribution in [0, 0.1) is 6.92 Å². The van der Waals surface area contributed by atoms with E-state index in [1.165, 1.54) is 0 Å². The van der Waals surface area contributed by atoms with Crippen molar-refractivity contribution in [3.8, 4) is 0 Å². The highest BCUT2D eigenvalue weighted by Crippen LogP contribution is 2.04. The molecule has 64 valence electrons. The molecule has 5 heteroatoms. The van der Waals surface area contributed by atoms with Gasteiger partial charge in [0.25, 0.3) is 0 Å². The van der Waals surface area contributed by atoms with Crippen LogP contribution in [-0.4, -0.2) is 22.4 Å². The van der Waals surface area contributed by atoms with Crippen LogP contribution in [0.25, 0.3) is 0 Å². The Bertz CT molecular complexity index is 286. The van der Waals surface area contributed by atoms with Crippen molar-refractivity contribution >= 4 is 11.7 Å². The zero-order valence-corrected chi connectivity index (χ0v) is 6.74. The van der Waals surface area contributed by atoms with Crippen LogP contribution in [0.2, 0.25) is 0 Å². The first-order valence-electron chi connectivity index (χ1n) is 3.50. The Hall–Kier alpha value is -1.65. The molecule has 0 bridgehead atoms. The van der Waals surface area contributed by atoms with Crippen LogP contribution in [0.5, 0.6) is 0 Å². The van der Waals surface area contributed by atoms with Gasteiger partial charge in [-0.05, 0) is 6.92 Å². The van der Waals surface area contributed by atoms with E-state index in [0.29, 0.717) is 5.82 Å². The standard InChI is InChI=1S/C7H10N4O/c1-5-7(10-3-2-9-5)11-4-6(8)12/h2-3H,4H2,1H3,(H2,8,12)(H,10,11). The summed E-state index contributed by atoms with van der Waals surface area (Å²) in [5, 5.41) is 2.76. The van der Waals surface area contributed by atoms with Crippen LogP contribution in [0.4, 0.5) is 5.82 Å². The maximum Gasteiger partial charge on any atom is 0.236 e. The highest BCUT2D eigenvalue weighted by molar-refractivity contribution is 5.78. The van der Waals surface area contributed by atoms with E-state index in [9.17, 15) is 4.79 Å². The quantitative estimate of drug-likeness (QED) is 0.645. The highest BCUT2D eigenvalue weighted by atomic mass is 16.1. The molecule has 0 aliphatic rings. The number of amides is 1. The number of aryl methyl sites for hydroxylation is 1. The van der Waals surface area contributed by atoms with Crippen LogP contribution in [0.3, 0.4) is 0 Å². The Labute approximate surface area is 70.0 Å². The van der Waals surface area contributed by atoms with E-state index in [-0.39, 0.29) is 6.54 Å². The van der Waals surface area contributed by atoms with Crippen LogP contribution < -0.4 is 11.1 Å². The summed E-state index contributed by atoms with van der Waals surface area (Å²) < 4.78 is 0. The Morgan fingerprint density at radius 2 is 2.25 bits per heavy atom. The fourth-order valence-corrected chi connectivity index (χ4v) is 0.752. The SMILES string of the molecule is Cc1nccnc1NCC(N)=O. The van der Waals surface area contributed by atoms with E-state index in [4.69, 9.17) is 5.73 Å². The Morgan fingerprint density at radius 3 is 2.83 bits per heavy atom. The lowest BCUT2D eigenvalue weighted by atomic mass is 10.4. The summed E-state index contributed by atoms with van der Waals surface area (Å²) in [5.41, 5.74) is 5.69. The van der Waals surface area contributed by atoms with Gasteiger partial charge in [-0.25, -0.2) is 4.98 Å². The highest BCUT2D eigenvalue weighted by Gasteiger charge is 1.99. The van der Waals surface area contributed by atoms with Gasteiger partial charge in [0.2, 0.25) is 5.91 Å². The number of hydrogen-bond acceptors (Lipinski definition) is 4. The van der Waals surface area contributed by atoms with Crippen LogP contribution in [-0.2, 0) is 4.79 Å². The van der Waals surface area contributed by atoms with Crippen molar-refractivity contribution in [1.82, 2.24) is 9.97 Å². The minimum absolute atomic E-state index is 0.0829. The largest absolute Gasteiger partial charge is 0.368 e. The third kappa shape index (κ3) is 2.19. The second-order valence-corrected chi connectivity index (χ2v) is 2.31. The number of nitrogens with zero attached hydrogens (tertiary/aromatic N) is 2. The first-order chi connectivity index (χ1) is 5.70. The summed E-state index contributed by atoms with van der Waals surface area (Å²) in [5.74, 6) is 0.177. The summed E-state index contributed by atoms with van der Waals surface area (Å²) in [6.45, 7) is 1.88. The molecule has 1 amide bonds. The molecule has 0 radical (unpaired) electrons. The lowest BCUT2D eigenvalue weighted by molar-refractivity contribution is -0.116. The average Bonchev–Trinajstić information content (AvgIpc) is 2.03. The van der Waals surface area contributed by atoms with Gasteiger partial charge in [-0.3, -0.25) is 9.78 Å². The number of carbonyl (C=O) groups is 1. The molecule has 0 fully saturated rings. The van der Waals surface area contributed by atoms with E-state index in [2.05, 4.69) is 15.3 Å². The van der Waals surface area contributed by atoms with Gasteiger partial charge in [0.1, 0.15) is 5.82 Å². The van der Waals surface area contributed by atoms with Gasteiger partial charge in [0, 0.05) is 12.4 Å². The summed E-state index contributed by atoms with van der Waals surface area (Å²) in [6, 6.07) is 0. The van der Waals surface area contributed by atoms with Gasteiger partial charge in [-0.15, -0.1) is 0 Å². The first-order valence-corrected chi connectivity index (χ1v) is 3.50. The van der Waals surface area contributed by atoms with Crippen molar-refractivity contribution in [2.75, 3.05) is 11.9 Å². The van der Waals surface area contributed by atoms with Gasteiger partial charge in [0.05, 0.1) is 12.2 Å². The second-order valence-electron chi connectivity index (χ2n) is 2.31. The monoisotopic (exact) mass is 166 g/mol. The van der Waals surface area contributed by atoms with Gasteiger partial charge >= 0.3 is 0 Å². The van der Waals surface area contributed by atoms with E-state index >= 15 is 0 Å². The van der Waals surface area contributed by atoms with Crippen LogP contribution >= 0.6 is 0 Å². The lowest BCUT2D eigenvalue weighted by Crippen LogP contribution is -2.22. The van der Waals surface area contributed by atoms with Gasteiger partial charge < -0.3 is 11.1 Å². The molecule has 0 spiro atoms. The lowest BCUT2D eigenvalue weighted by Gasteiger charge is -2.03. The molecule has 0 atom stereocenters.